The molecule has 0 aromatic heterocycles. The molecule has 14 heavy (non-hydrogen) atoms. The van der Waals surface area contributed by atoms with Gasteiger partial charge in [-0.2, -0.15) is 0 Å². The number of carbonyl (C=O) groups excluding carboxylic acids is 1. The molecule has 0 aliphatic heterocycles. The molecule has 0 saturated carbocycles. The summed E-state index contributed by atoms with van der Waals surface area (Å²) in [5.41, 5.74) is 0.511. The maximum Gasteiger partial charge on any atom is 0.180 e. The number of rotatable bonds is 7. The summed E-state index contributed by atoms with van der Waals surface area (Å²) in [4.78, 5) is 11.6. The van der Waals surface area contributed by atoms with Gasteiger partial charge in [0.15, 0.2) is 5.78 Å². The molecule has 0 heterocycles. The van der Waals surface area contributed by atoms with E-state index in [1.165, 1.54) is 0 Å². The van der Waals surface area contributed by atoms with Gasteiger partial charge in [0.05, 0.1) is 5.70 Å². The van der Waals surface area contributed by atoms with Gasteiger partial charge in [0.25, 0.3) is 0 Å². The Labute approximate surface area is 86.8 Å². The molecule has 1 unspecified atom stereocenters. The number of hydrogen-bond donors (Lipinski definition) is 1. The van der Waals surface area contributed by atoms with E-state index < -0.39 is 0 Å². The molecular weight excluding hydrogens is 174 g/mol. The molecule has 1 atom stereocenters. The lowest BCUT2D eigenvalue weighted by Gasteiger charge is -2.12. The Morgan fingerprint density at radius 1 is 1.64 bits per heavy atom. The van der Waals surface area contributed by atoms with Crippen molar-refractivity contribution in [1.29, 1.82) is 0 Å². The largest absolute Gasteiger partial charge is 0.383 e. The van der Waals surface area contributed by atoms with Crippen molar-refractivity contribution in [3.63, 3.8) is 0 Å². The second-order valence-corrected chi connectivity index (χ2v) is 3.41. The van der Waals surface area contributed by atoms with Crippen LogP contribution in [-0.2, 0) is 4.79 Å². The van der Waals surface area contributed by atoms with E-state index in [1.54, 1.807) is 0 Å². The van der Waals surface area contributed by atoms with Crippen LogP contribution in [0.4, 0.5) is 0 Å². The van der Waals surface area contributed by atoms with Crippen LogP contribution in [0.2, 0.25) is 0 Å². The first kappa shape index (κ1) is 12.8. The van der Waals surface area contributed by atoms with Crippen LogP contribution in [0.3, 0.4) is 0 Å². The molecule has 0 rings (SSSR count). The second kappa shape index (κ2) is 7.20. The van der Waals surface area contributed by atoms with E-state index in [1.807, 2.05) is 13.8 Å². The Morgan fingerprint density at radius 3 is 2.79 bits per heavy atom. The predicted molar refractivity (Wildman–Crippen MR) is 59.7 cm³/mol. The van der Waals surface area contributed by atoms with Crippen molar-refractivity contribution in [2.24, 2.45) is 5.92 Å². The standard InChI is InChI=1S/C12H19NO/c1-5-7-8-10(3)12(14)11(4)13-9-6-2/h1,10,13H,4,6-9H2,2-3H3. The van der Waals surface area contributed by atoms with Crippen LogP contribution in [-0.4, -0.2) is 12.3 Å². The number of Topliss-reactive ketones (excluding diaryl/α,β-unsaturated/α-hetero) is 1. The Kier molecular flexibility index (Phi) is 6.57. The summed E-state index contributed by atoms with van der Waals surface area (Å²) >= 11 is 0. The van der Waals surface area contributed by atoms with Crippen molar-refractivity contribution in [3.8, 4) is 12.3 Å². The van der Waals surface area contributed by atoms with Gasteiger partial charge < -0.3 is 5.32 Å². The van der Waals surface area contributed by atoms with Crippen LogP contribution >= 0.6 is 0 Å². The van der Waals surface area contributed by atoms with Gasteiger partial charge in [-0.25, -0.2) is 0 Å². The molecule has 0 aromatic rings. The Bertz CT molecular complexity index is 237. The topological polar surface area (TPSA) is 29.1 Å². The molecule has 0 amide bonds. The molecule has 2 heteroatoms. The SMILES string of the molecule is C#CCCC(C)C(=O)C(=C)NCCC. The fourth-order valence-corrected chi connectivity index (χ4v) is 1.09. The first-order chi connectivity index (χ1) is 6.63. The highest BCUT2D eigenvalue weighted by atomic mass is 16.1. The van der Waals surface area contributed by atoms with Gasteiger partial charge in [-0.15, -0.1) is 12.3 Å². The molecule has 2 nitrogen and oxygen atoms in total. The van der Waals surface area contributed by atoms with Gasteiger partial charge in [0.1, 0.15) is 0 Å². The van der Waals surface area contributed by atoms with Crippen LogP contribution in [0.5, 0.6) is 0 Å². The van der Waals surface area contributed by atoms with Gasteiger partial charge in [0, 0.05) is 18.9 Å². The lowest BCUT2D eigenvalue weighted by molar-refractivity contribution is -0.119. The number of carbonyl (C=O) groups is 1. The maximum absolute atomic E-state index is 11.6. The maximum atomic E-state index is 11.6. The quantitative estimate of drug-likeness (QED) is 0.495. The third kappa shape index (κ3) is 4.71. The van der Waals surface area contributed by atoms with E-state index >= 15 is 0 Å². The van der Waals surface area contributed by atoms with E-state index in [0.717, 1.165) is 19.4 Å². The lowest BCUT2D eigenvalue weighted by atomic mass is 9.99. The summed E-state index contributed by atoms with van der Waals surface area (Å²) in [7, 11) is 0. The minimum atomic E-state index is -0.0251. The van der Waals surface area contributed by atoms with Gasteiger partial charge in [-0.1, -0.05) is 20.4 Å². The molecule has 0 saturated heterocycles. The van der Waals surface area contributed by atoms with Crippen molar-refractivity contribution < 1.29 is 4.79 Å². The van der Waals surface area contributed by atoms with E-state index in [2.05, 4.69) is 17.8 Å². The Balaban J connectivity index is 3.92. The normalized spacial score (nSPS) is 11.5. The zero-order chi connectivity index (χ0) is 11.0. The fourth-order valence-electron chi connectivity index (χ4n) is 1.09. The summed E-state index contributed by atoms with van der Waals surface area (Å²) in [6.07, 6.45) is 7.51. The third-order valence-electron chi connectivity index (χ3n) is 2.06. The summed E-state index contributed by atoms with van der Waals surface area (Å²) in [6.45, 7) is 8.44. The summed E-state index contributed by atoms with van der Waals surface area (Å²) in [6, 6.07) is 0. The van der Waals surface area contributed by atoms with Gasteiger partial charge >= 0.3 is 0 Å². The van der Waals surface area contributed by atoms with Crippen molar-refractivity contribution >= 4 is 5.78 Å². The van der Waals surface area contributed by atoms with Crippen LogP contribution in [0.25, 0.3) is 0 Å². The molecule has 0 spiro atoms. The van der Waals surface area contributed by atoms with Crippen molar-refractivity contribution in [2.75, 3.05) is 6.54 Å². The number of terminal acetylenes is 1. The third-order valence-corrected chi connectivity index (χ3v) is 2.06. The highest BCUT2D eigenvalue weighted by molar-refractivity contribution is 5.95. The van der Waals surface area contributed by atoms with Crippen molar-refractivity contribution in [1.82, 2.24) is 5.32 Å². The summed E-state index contributed by atoms with van der Waals surface area (Å²) in [5, 5.41) is 2.99. The average Bonchev–Trinajstić information content (AvgIpc) is 2.21. The summed E-state index contributed by atoms with van der Waals surface area (Å²) in [5.74, 6) is 2.59. The van der Waals surface area contributed by atoms with E-state index in [4.69, 9.17) is 6.42 Å². The minimum absolute atomic E-state index is 0.0251. The van der Waals surface area contributed by atoms with Crippen LogP contribution in [0, 0.1) is 18.3 Å². The highest BCUT2D eigenvalue weighted by Gasteiger charge is 2.14. The van der Waals surface area contributed by atoms with E-state index in [9.17, 15) is 4.79 Å². The average molecular weight is 193 g/mol. The van der Waals surface area contributed by atoms with Crippen LogP contribution in [0.15, 0.2) is 12.3 Å². The van der Waals surface area contributed by atoms with Gasteiger partial charge in [-0.05, 0) is 12.8 Å². The molecule has 0 aliphatic rings. The van der Waals surface area contributed by atoms with Crippen LogP contribution in [0.1, 0.15) is 33.1 Å². The molecule has 0 fully saturated rings. The fraction of sp³-hybridized carbons (Fsp3) is 0.583. The minimum Gasteiger partial charge on any atom is -0.383 e. The highest BCUT2D eigenvalue weighted by Crippen LogP contribution is 2.09. The Hall–Kier alpha value is -1.23. The van der Waals surface area contributed by atoms with Gasteiger partial charge in [-0.3, -0.25) is 4.79 Å². The van der Waals surface area contributed by atoms with E-state index in [0.29, 0.717) is 12.1 Å². The Morgan fingerprint density at radius 2 is 2.29 bits per heavy atom. The molecule has 0 aromatic carbocycles. The zero-order valence-corrected chi connectivity index (χ0v) is 9.10. The van der Waals surface area contributed by atoms with E-state index in [-0.39, 0.29) is 11.7 Å². The summed E-state index contributed by atoms with van der Waals surface area (Å²) < 4.78 is 0. The number of ketones is 1. The van der Waals surface area contributed by atoms with Crippen molar-refractivity contribution in [3.05, 3.63) is 12.3 Å². The first-order valence-corrected chi connectivity index (χ1v) is 5.03. The lowest BCUT2D eigenvalue weighted by Crippen LogP contribution is -2.24. The first-order valence-electron chi connectivity index (χ1n) is 5.03. The van der Waals surface area contributed by atoms with Crippen molar-refractivity contribution in [2.45, 2.75) is 33.1 Å². The molecule has 78 valence electrons. The smallest absolute Gasteiger partial charge is 0.180 e. The molecule has 1 N–H and O–H groups in total. The molecular formula is C12H19NO. The zero-order valence-electron chi connectivity index (χ0n) is 9.10. The number of allylic oxidation sites excluding steroid dienone is 1. The molecule has 0 bridgehead atoms. The predicted octanol–water partition coefficient (Wildman–Crippen LogP) is 2.12. The number of nitrogens with one attached hydrogen (secondary N) is 1. The molecule has 0 aliphatic carbocycles. The number of hydrogen-bond acceptors (Lipinski definition) is 2. The monoisotopic (exact) mass is 193 g/mol. The second-order valence-electron chi connectivity index (χ2n) is 3.41. The van der Waals surface area contributed by atoms with Gasteiger partial charge in [0.2, 0.25) is 0 Å². The van der Waals surface area contributed by atoms with Crippen LogP contribution < -0.4 is 5.32 Å². The molecule has 0 radical (unpaired) electrons.